The Labute approximate surface area is 101 Å². The molecule has 0 saturated heterocycles. The summed E-state index contributed by atoms with van der Waals surface area (Å²) in [6.45, 7) is 5.31. The molecule has 0 amide bonds. The van der Waals surface area contributed by atoms with E-state index in [9.17, 15) is 0 Å². The fourth-order valence-corrected chi connectivity index (χ4v) is 1.59. The van der Waals surface area contributed by atoms with E-state index in [1.165, 1.54) is 0 Å². The number of nitrogen functional groups attached to an aromatic ring is 1. The Kier molecular flexibility index (Phi) is 3.37. The number of rotatable bonds is 3. The summed E-state index contributed by atoms with van der Waals surface area (Å²) >= 11 is 0. The first-order valence-electron chi connectivity index (χ1n) is 5.65. The van der Waals surface area contributed by atoms with Gasteiger partial charge in [0, 0.05) is 11.8 Å². The van der Waals surface area contributed by atoms with Gasteiger partial charge in [-0.3, -0.25) is 0 Å². The van der Waals surface area contributed by atoms with Crippen molar-refractivity contribution in [2.75, 3.05) is 23.8 Å². The van der Waals surface area contributed by atoms with Crippen molar-refractivity contribution >= 4 is 17.7 Å². The molecule has 1 aliphatic heterocycles. The fraction of sp³-hybridized carbons (Fsp3) is 0.417. The van der Waals surface area contributed by atoms with E-state index < -0.39 is 0 Å². The van der Waals surface area contributed by atoms with Crippen LogP contribution in [-0.2, 0) is 4.84 Å². The number of hydrogen-bond donors (Lipinski definition) is 1. The monoisotopic (exact) mass is 235 g/mol. The van der Waals surface area contributed by atoms with Crippen LogP contribution in [0, 0.1) is 0 Å². The van der Waals surface area contributed by atoms with E-state index >= 15 is 0 Å². The van der Waals surface area contributed by atoms with Crippen molar-refractivity contribution in [1.29, 1.82) is 0 Å². The summed E-state index contributed by atoms with van der Waals surface area (Å²) in [5, 5.41) is 3.78. The average Bonchev–Trinajstić information content (AvgIpc) is 2.32. The van der Waals surface area contributed by atoms with Gasteiger partial charge in [0.1, 0.15) is 18.7 Å². The van der Waals surface area contributed by atoms with Gasteiger partial charge < -0.3 is 20.2 Å². The third kappa shape index (κ3) is 2.81. The van der Waals surface area contributed by atoms with Gasteiger partial charge in [0.15, 0.2) is 0 Å². The van der Waals surface area contributed by atoms with Crippen molar-refractivity contribution in [3.8, 4) is 5.75 Å². The van der Waals surface area contributed by atoms with Gasteiger partial charge in [-0.1, -0.05) is 5.16 Å². The lowest BCUT2D eigenvalue weighted by atomic mass is 10.2. The van der Waals surface area contributed by atoms with Crippen molar-refractivity contribution in [3.63, 3.8) is 0 Å². The minimum atomic E-state index is 0.103. The van der Waals surface area contributed by atoms with E-state index in [2.05, 4.69) is 5.16 Å². The van der Waals surface area contributed by atoms with E-state index in [4.69, 9.17) is 15.3 Å². The fourth-order valence-electron chi connectivity index (χ4n) is 1.59. The molecule has 0 spiro atoms. The second-order valence-electron chi connectivity index (χ2n) is 4.14. The summed E-state index contributed by atoms with van der Waals surface area (Å²) in [5.41, 5.74) is 7.51. The Bertz CT molecular complexity index is 418. The normalized spacial score (nSPS) is 14.9. The van der Waals surface area contributed by atoms with E-state index in [1.54, 1.807) is 6.34 Å². The molecule has 1 heterocycles. The minimum Gasteiger partial charge on any atom is -0.489 e. The summed E-state index contributed by atoms with van der Waals surface area (Å²) in [6.07, 6.45) is 1.76. The smallest absolute Gasteiger partial charge is 0.144 e. The van der Waals surface area contributed by atoms with Crippen LogP contribution in [-0.4, -0.2) is 25.6 Å². The summed E-state index contributed by atoms with van der Waals surface area (Å²) < 4.78 is 5.65. The van der Waals surface area contributed by atoms with Crippen LogP contribution in [0.1, 0.15) is 13.8 Å². The van der Waals surface area contributed by atoms with Crippen LogP contribution in [0.15, 0.2) is 23.4 Å². The Morgan fingerprint density at radius 3 is 2.94 bits per heavy atom. The standard InChI is InChI=1S/C12H17N3O2/c1-9(2)17-12-7-10(3-4-11(12)13)15-5-6-16-14-8-15/h3-4,7-9H,5-6,13H2,1-2H3. The van der Waals surface area contributed by atoms with Crippen LogP contribution in [0.25, 0.3) is 0 Å². The maximum absolute atomic E-state index is 5.87. The molecule has 0 aromatic heterocycles. The highest BCUT2D eigenvalue weighted by molar-refractivity contribution is 5.80. The third-order valence-corrected chi connectivity index (χ3v) is 2.38. The first kappa shape index (κ1) is 11.6. The maximum Gasteiger partial charge on any atom is 0.144 e. The van der Waals surface area contributed by atoms with Gasteiger partial charge in [0.2, 0.25) is 0 Å². The van der Waals surface area contributed by atoms with Gasteiger partial charge in [-0.05, 0) is 26.0 Å². The van der Waals surface area contributed by atoms with Gasteiger partial charge >= 0.3 is 0 Å². The Morgan fingerprint density at radius 1 is 1.47 bits per heavy atom. The lowest BCUT2D eigenvalue weighted by Gasteiger charge is -2.23. The largest absolute Gasteiger partial charge is 0.489 e. The van der Waals surface area contributed by atoms with Gasteiger partial charge in [0.25, 0.3) is 0 Å². The Morgan fingerprint density at radius 2 is 2.29 bits per heavy atom. The second-order valence-corrected chi connectivity index (χ2v) is 4.14. The lowest BCUT2D eigenvalue weighted by Crippen LogP contribution is -2.29. The molecule has 0 radical (unpaired) electrons. The topological polar surface area (TPSA) is 60.1 Å². The zero-order valence-electron chi connectivity index (χ0n) is 10.1. The van der Waals surface area contributed by atoms with Crippen LogP contribution in [0.5, 0.6) is 5.75 Å². The highest BCUT2D eigenvalue weighted by Gasteiger charge is 2.11. The van der Waals surface area contributed by atoms with Crippen LogP contribution < -0.4 is 15.4 Å². The first-order valence-corrected chi connectivity index (χ1v) is 5.65. The van der Waals surface area contributed by atoms with Crippen LogP contribution in [0.2, 0.25) is 0 Å². The summed E-state index contributed by atoms with van der Waals surface area (Å²) in [7, 11) is 0. The third-order valence-electron chi connectivity index (χ3n) is 2.38. The predicted octanol–water partition coefficient (Wildman–Crippen LogP) is 1.84. The highest BCUT2D eigenvalue weighted by atomic mass is 16.6. The van der Waals surface area contributed by atoms with Gasteiger partial charge in [-0.15, -0.1) is 0 Å². The first-order chi connectivity index (χ1) is 8.16. The molecule has 0 saturated carbocycles. The second kappa shape index (κ2) is 4.95. The quantitative estimate of drug-likeness (QED) is 0.812. The van der Waals surface area contributed by atoms with Crippen molar-refractivity contribution in [3.05, 3.63) is 18.2 Å². The highest BCUT2D eigenvalue weighted by Crippen LogP contribution is 2.28. The molecule has 1 aliphatic rings. The summed E-state index contributed by atoms with van der Waals surface area (Å²) in [5.74, 6) is 0.706. The molecule has 0 aliphatic carbocycles. The summed E-state index contributed by atoms with van der Waals surface area (Å²) in [6, 6.07) is 5.71. The van der Waals surface area contributed by atoms with E-state index in [-0.39, 0.29) is 6.10 Å². The molecule has 1 aromatic carbocycles. The van der Waals surface area contributed by atoms with Gasteiger partial charge in [0.05, 0.1) is 18.3 Å². The Hall–Kier alpha value is -1.91. The van der Waals surface area contributed by atoms with Crippen LogP contribution in [0.4, 0.5) is 11.4 Å². The number of oxime groups is 1. The van der Waals surface area contributed by atoms with Gasteiger partial charge in [-0.25, -0.2) is 0 Å². The maximum atomic E-state index is 5.87. The molecule has 92 valence electrons. The zero-order chi connectivity index (χ0) is 12.3. The lowest BCUT2D eigenvalue weighted by molar-refractivity contribution is 0.145. The number of hydrogen-bond acceptors (Lipinski definition) is 5. The SMILES string of the molecule is CC(C)Oc1cc(N2C=NOCC2)ccc1N. The molecule has 1 aromatic rings. The van der Waals surface area contributed by atoms with E-state index in [0.717, 1.165) is 12.2 Å². The van der Waals surface area contributed by atoms with Crippen LogP contribution >= 0.6 is 0 Å². The number of ether oxygens (including phenoxy) is 1. The number of nitrogens with zero attached hydrogens (tertiary/aromatic N) is 2. The van der Waals surface area contributed by atoms with Crippen molar-refractivity contribution in [2.24, 2.45) is 5.16 Å². The molecule has 17 heavy (non-hydrogen) atoms. The molecule has 2 rings (SSSR count). The molecule has 0 bridgehead atoms. The predicted molar refractivity (Wildman–Crippen MR) is 68.4 cm³/mol. The van der Waals surface area contributed by atoms with Crippen molar-refractivity contribution in [2.45, 2.75) is 20.0 Å². The molecule has 0 unspecified atom stereocenters. The number of nitrogens with two attached hydrogens (primary N) is 1. The molecule has 0 atom stereocenters. The van der Waals surface area contributed by atoms with Crippen molar-refractivity contribution in [1.82, 2.24) is 0 Å². The molecule has 5 heteroatoms. The molecule has 0 fully saturated rings. The van der Waals surface area contributed by atoms with E-state index in [0.29, 0.717) is 18.0 Å². The molecular weight excluding hydrogens is 218 g/mol. The van der Waals surface area contributed by atoms with Crippen LogP contribution in [0.3, 0.4) is 0 Å². The zero-order valence-corrected chi connectivity index (χ0v) is 10.1. The summed E-state index contributed by atoms with van der Waals surface area (Å²) in [4.78, 5) is 6.91. The number of benzene rings is 1. The molecular formula is C12H17N3O2. The Balaban J connectivity index is 2.23. The number of anilines is 2. The minimum absolute atomic E-state index is 0.103. The molecule has 2 N–H and O–H groups in total. The van der Waals surface area contributed by atoms with E-state index in [1.807, 2.05) is 36.9 Å². The van der Waals surface area contributed by atoms with Crippen molar-refractivity contribution < 1.29 is 9.57 Å². The van der Waals surface area contributed by atoms with Gasteiger partial charge in [-0.2, -0.15) is 0 Å². The average molecular weight is 235 g/mol. The molecule has 5 nitrogen and oxygen atoms in total.